The lowest BCUT2D eigenvalue weighted by Crippen LogP contribution is -2.33. The van der Waals surface area contributed by atoms with Crippen molar-refractivity contribution in [2.45, 2.75) is 56.8 Å². The Morgan fingerprint density at radius 2 is 0.912 bits per heavy atom. The molecule has 0 fully saturated rings. The topological polar surface area (TPSA) is 43.6 Å². The minimum Gasteiger partial charge on any atom is -0.309 e. The van der Waals surface area contributed by atoms with E-state index in [-0.39, 0.29) is 10.8 Å². The standard InChI is InChI=1S/C64H50N4/c1-62(2)35-36-63(3,4)56-40-57-52(39-55(56)62)51-34-33-41-19-11-12-28-48(41)58(51)68(57)47-27-18-23-44(38-47)61-66-59(42-20-7-5-8-21-42)65-60(67-61)43-22-17-26-46(37-43)64(45-24-9-6-10-25-45)53-31-15-13-29-49(53)50-30-14-16-32-54(50)64/h5-34,37-40H,35-36H2,1-4H3. The molecule has 2 aliphatic rings. The number of nitrogens with zero attached hydrogens (tertiary/aromatic N) is 4. The van der Waals surface area contributed by atoms with Gasteiger partial charge in [0.15, 0.2) is 17.5 Å². The van der Waals surface area contributed by atoms with E-state index in [1.165, 1.54) is 77.9 Å². The molecule has 0 amide bonds. The Bertz CT molecular complexity index is 3760. The van der Waals surface area contributed by atoms with Gasteiger partial charge >= 0.3 is 0 Å². The van der Waals surface area contributed by atoms with Crippen LogP contribution in [-0.4, -0.2) is 19.5 Å². The van der Waals surface area contributed by atoms with E-state index in [0.717, 1.165) is 34.4 Å². The van der Waals surface area contributed by atoms with Gasteiger partial charge in [0, 0.05) is 38.5 Å². The van der Waals surface area contributed by atoms with Gasteiger partial charge in [0.05, 0.1) is 16.4 Å². The van der Waals surface area contributed by atoms with Crippen molar-refractivity contribution < 1.29 is 0 Å². The highest BCUT2D eigenvalue weighted by molar-refractivity contribution is 6.19. The summed E-state index contributed by atoms with van der Waals surface area (Å²) in [6.07, 6.45) is 2.32. The van der Waals surface area contributed by atoms with Crippen LogP contribution in [-0.2, 0) is 16.2 Å². The molecular weight excluding hydrogens is 825 g/mol. The van der Waals surface area contributed by atoms with Crippen molar-refractivity contribution in [3.8, 4) is 51.0 Å². The van der Waals surface area contributed by atoms with Crippen LogP contribution in [0.4, 0.5) is 0 Å². The van der Waals surface area contributed by atoms with Crippen LogP contribution in [0.5, 0.6) is 0 Å². The van der Waals surface area contributed by atoms with Crippen molar-refractivity contribution in [3.63, 3.8) is 0 Å². The maximum atomic E-state index is 5.41. The van der Waals surface area contributed by atoms with Crippen molar-refractivity contribution in [1.29, 1.82) is 0 Å². The number of fused-ring (bicyclic) bond motifs is 9. The van der Waals surface area contributed by atoms with Gasteiger partial charge in [0.25, 0.3) is 0 Å². The Kier molecular flexibility index (Phi) is 8.92. The molecule has 4 nitrogen and oxygen atoms in total. The first-order valence-electron chi connectivity index (χ1n) is 24.0. The van der Waals surface area contributed by atoms with Crippen LogP contribution in [0, 0.1) is 0 Å². The molecule has 2 aromatic heterocycles. The van der Waals surface area contributed by atoms with Crippen molar-refractivity contribution in [2.75, 3.05) is 0 Å². The second kappa shape index (κ2) is 15.0. The van der Waals surface area contributed by atoms with E-state index in [9.17, 15) is 0 Å². The van der Waals surface area contributed by atoms with Gasteiger partial charge in [-0.1, -0.05) is 204 Å². The third-order valence-electron chi connectivity index (χ3n) is 15.4. The minimum absolute atomic E-state index is 0.0575. The first kappa shape index (κ1) is 40.3. The molecule has 68 heavy (non-hydrogen) atoms. The molecule has 0 bridgehead atoms. The Morgan fingerprint density at radius 3 is 1.60 bits per heavy atom. The van der Waals surface area contributed by atoms with Crippen LogP contribution in [0.3, 0.4) is 0 Å². The summed E-state index contributed by atoms with van der Waals surface area (Å²) in [5, 5.41) is 5.01. The second-order valence-electron chi connectivity index (χ2n) is 20.2. The number of hydrogen-bond acceptors (Lipinski definition) is 3. The van der Waals surface area contributed by atoms with Crippen molar-refractivity contribution >= 4 is 32.6 Å². The Labute approximate surface area is 397 Å². The first-order chi connectivity index (χ1) is 33.2. The normalized spacial score (nSPS) is 15.3. The molecule has 0 spiro atoms. The summed E-state index contributed by atoms with van der Waals surface area (Å²) in [6, 6.07) is 75.1. The molecule has 0 saturated heterocycles. The summed E-state index contributed by atoms with van der Waals surface area (Å²) in [6.45, 7) is 9.67. The predicted octanol–water partition coefficient (Wildman–Crippen LogP) is 15.8. The number of benzene rings is 9. The fourth-order valence-corrected chi connectivity index (χ4v) is 11.8. The maximum Gasteiger partial charge on any atom is 0.164 e. The van der Waals surface area contributed by atoms with Crippen LogP contribution in [0.15, 0.2) is 206 Å². The van der Waals surface area contributed by atoms with Crippen LogP contribution in [0.25, 0.3) is 83.6 Å². The zero-order valence-corrected chi connectivity index (χ0v) is 38.8. The smallest absolute Gasteiger partial charge is 0.164 e. The monoisotopic (exact) mass is 874 g/mol. The van der Waals surface area contributed by atoms with Crippen LogP contribution >= 0.6 is 0 Å². The van der Waals surface area contributed by atoms with Crippen LogP contribution < -0.4 is 0 Å². The summed E-state index contributed by atoms with van der Waals surface area (Å²) in [4.78, 5) is 16.0. The van der Waals surface area contributed by atoms with Crippen molar-refractivity contribution in [2.24, 2.45) is 0 Å². The minimum atomic E-state index is -0.548. The Hall–Kier alpha value is -7.95. The predicted molar refractivity (Wildman–Crippen MR) is 281 cm³/mol. The summed E-state index contributed by atoms with van der Waals surface area (Å²) in [7, 11) is 0. The van der Waals surface area contributed by atoms with Crippen LogP contribution in [0.2, 0.25) is 0 Å². The highest BCUT2D eigenvalue weighted by Crippen LogP contribution is 2.56. The number of hydrogen-bond donors (Lipinski definition) is 0. The summed E-state index contributed by atoms with van der Waals surface area (Å²) in [5.74, 6) is 1.89. The molecule has 2 aliphatic carbocycles. The third kappa shape index (κ3) is 6.03. The zero-order chi connectivity index (χ0) is 45.8. The lowest BCUT2D eigenvalue weighted by Gasteiger charge is -2.42. The van der Waals surface area contributed by atoms with Crippen molar-refractivity contribution in [1.82, 2.24) is 19.5 Å². The molecule has 0 aliphatic heterocycles. The van der Waals surface area contributed by atoms with E-state index in [0.29, 0.717) is 17.5 Å². The second-order valence-corrected chi connectivity index (χ2v) is 20.2. The molecule has 326 valence electrons. The molecule has 9 aromatic carbocycles. The average Bonchev–Trinajstić information content (AvgIpc) is 3.89. The number of rotatable bonds is 6. The SMILES string of the molecule is CC1(C)CCC(C)(C)c2cc3c(cc21)c1ccc2ccccc2c1n3-c1cccc(-c2nc(-c3ccccc3)nc(-c3cccc(C4(c5ccccc5)c5ccccc5-c5ccccc54)c3)n2)c1. The van der Waals surface area contributed by atoms with Gasteiger partial charge in [-0.2, -0.15) is 0 Å². The van der Waals surface area contributed by atoms with Gasteiger partial charge in [-0.05, 0) is 104 Å². The highest BCUT2D eigenvalue weighted by Gasteiger charge is 2.46. The average molecular weight is 875 g/mol. The summed E-state index contributed by atoms with van der Waals surface area (Å²) in [5.41, 5.74) is 16.3. The highest BCUT2D eigenvalue weighted by atomic mass is 15.0. The quantitative estimate of drug-likeness (QED) is 0.167. The molecule has 0 unspecified atom stereocenters. The van der Waals surface area contributed by atoms with Gasteiger partial charge < -0.3 is 4.57 Å². The molecule has 0 saturated carbocycles. The molecule has 11 aromatic rings. The molecule has 4 heteroatoms. The molecule has 0 atom stereocenters. The van der Waals surface area contributed by atoms with Gasteiger partial charge in [-0.3, -0.25) is 0 Å². The van der Waals surface area contributed by atoms with E-state index in [2.05, 4.69) is 220 Å². The summed E-state index contributed by atoms with van der Waals surface area (Å²) >= 11 is 0. The third-order valence-corrected chi connectivity index (χ3v) is 15.4. The fraction of sp³-hybridized carbons (Fsp3) is 0.141. The molecular formula is C64H50N4. The van der Waals surface area contributed by atoms with Gasteiger partial charge in [-0.15, -0.1) is 0 Å². The molecule has 2 heterocycles. The lowest BCUT2D eigenvalue weighted by atomic mass is 9.63. The first-order valence-corrected chi connectivity index (χ1v) is 24.0. The van der Waals surface area contributed by atoms with E-state index in [4.69, 9.17) is 15.0 Å². The molecule has 0 radical (unpaired) electrons. The lowest BCUT2D eigenvalue weighted by molar-refractivity contribution is 0.332. The van der Waals surface area contributed by atoms with E-state index >= 15 is 0 Å². The van der Waals surface area contributed by atoms with E-state index < -0.39 is 5.41 Å². The van der Waals surface area contributed by atoms with Gasteiger partial charge in [0.2, 0.25) is 0 Å². The van der Waals surface area contributed by atoms with Crippen molar-refractivity contribution in [3.05, 3.63) is 240 Å². The van der Waals surface area contributed by atoms with Gasteiger partial charge in [-0.25, -0.2) is 15.0 Å². The molecule has 0 N–H and O–H groups in total. The maximum absolute atomic E-state index is 5.41. The number of aromatic nitrogens is 4. The zero-order valence-electron chi connectivity index (χ0n) is 38.8. The van der Waals surface area contributed by atoms with Crippen LogP contribution in [0.1, 0.15) is 73.9 Å². The Balaban J connectivity index is 1.03. The fourth-order valence-electron chi connectivity index (χ4n) is 11.8. The van der Waals surface area contributed by atoms with E-state index in [1.807, 2.05) is 18.2 Å². The Morgan fingerprint density at radius 1 is 0.382 bits per heavy atom. The largest absolute Gasteiger partial charge is 0.309 e. The van der Waals surface area contributed by atoms with E-state index in [1.54, 1.807) is 0 Å². The summed E-state index contributed by atoms with van der Waals surface area (Å²) < 4.78 is 2.50. The molecule has 13 rings (SSSR count). The van der Waals surface area contributed by atoms with Gasteiger partial charge in [0.1, 0.15) is 0 Å².